The predicted molar refractivity (Wildman–Crippen MR) is 77.7 cm³/mol. The standard InChI is InChI=1S/C15H17NO2S/c1-11-6-7-15(16-9-11)19-10-14(17)12-4-3-5-13(8-12)18-2/h3-9,14,17H,10H2,1-2H3. The van der Waals surface area contributed by atoms with Crippen molar-refractivity contribution in [3.05, 3.63) is 53.7 Å². The monoisotopic (exact) mass is 275 g/mol. The Bertz CT molecular complexity index is 528. The lowest BCUT2D eigenvalue weighted by Gasteiger charge is -2.11. The summed E-state index contributed by atoms with van der Waals surface area (Å²) in [5, 5.41) is 11.1. The van der Waals surface area contributed by atoms with Crippen LogP contribution in [0, 0.1) is 6.92 Å². The fraction of sp³-hybridized carbons (Fsp3) is 0.267. The molecule has 1 atom stereocenters. The maximum absolute atomic E-state index is 10.2. The van der Waals surface area contributed by atoms with Gasteiger partial charge in [-0.05, 0) is 36.2 Å². The summed E-state index contributed by atoms with van der Waals surface area (Å²) in [6, 6.07) is 11.5. The average molecular weight is 275 g/mol. The van der Waals surface area contributed by atoms with Crippen molar-refractivity contribution in [2.24, 2.45) is 0 Å². The zero-order chi connectivity index (χ0) is 13.7. The lowest BCUT2D eigenvalue weighted by atomic mass is 10.1. The number of ether oxygens (including phenoxy) is 1. The Morgan fingerprint density at radius 3 is 2.84 bits per heavy atom. The molecule has 100 valence electrons. The molecule has 1 heterocycles. The molecule has 1 aromatic carbocycles. The van der Waals surface area contributed by atoms with E-state index >= 15 is 0 Å². The quantitative estimate of drug-likeness (QED) is 0.851. The van der Waals surface area contributed by atoms with Crippen LogP contribution in [0.1, 0.15) is 17.2 Å². The number of pyridine rings is 1. The van der Waals surface area contributed by atoms with Crippen molar-refractivity contribution in [2.45, 2.75) is 18.1 Å². The van der Waals surface area contributed by atoms with Crippen LogP contribution in [0.4, 0.5) is 0 Å². The highest BCUT2D eigenvalue weighted by molar-refractivity contribution is 7.99. The Morgan fingerprint density at radius 1 is 1.32 bits per heavy atom. The van der Waals surface area contributed by atoms with E-state index in [0.717, 1.165) is 21.9 Å². The summed E-state index contributed by atoms with van der Waals surface area (Å²) < 4.78 is 5.15. The van der Waals surface area contributed by atoms with Crippen LogP contribution in [-0.4, -0.2) is 23.0 Å². The Morgan fingerprint density at radius 2 is 2.16 bits per heavy atom. The van der Waals surface area contributed by atoms with Gasteiger partial charge in [0, 0.05) is 11.9 Å². The zero-order valence-corrected chi connectivity index (χ0v) is 11.9. The van der Waals surface area contributed by atoms with Gasteiger partial charge in [0.1, 0.15) is 5.75 Å². The number of nitrogens with zero attached hydrogens (tertiary/aromatic N) is 1. The van der Waals surface area contributed by atoms with E-state index < -0.39 is 6.10 Å². The molecule has 3 nitrogen and oxygen atoms in total. The first-order chi connectivity index (χ1) is 9.19. The van der Waals surface area contributed by atoms with Crippen LogP contribution in [-0.2, 0) is 0 Å². The molecule has 1 aromatic heterocycles. The molecule has 0 amide bonds. The van der Waals surface area contributed by atoms with Gasteiger partial charge < -0.3 is 9.84 Å². The molecule has 0 aliphatic carbocycles. The molecule has 0 fully saturated rings. The summed E-state index contributed by atoms with van der Waals surface area (Å²) >= 11 is 1.54. The molecule has 0 saturated carbocycles. The van der Waals surface area contributed by atoms with Crippen LogP contribution in [0.3, 0.4) is 0 Å². The van der Waals surface area contributed by atoms with Crippen LogP contribution in [0.2, 0.25) is 0 Å². The van der Waals surface area contributed by atoms with Gasteiger partial charge in [0.2, 0.25) is 0 Å². The molecule has 0 aliphatic rings. The van der Waals surface area contributed by atoms with Crippen molar-refractivity contribution in [1.29, 1.82) is 0 Å². The summed E-state index contributed by atoms with van der Waals surface area (Å²) in [5.41, 5.74) is 2.00. The van der Waals surface area contributed by atoms with Gasteiger partial charge in [0.25, 0.3) is 0 Å². The van der Waals surface area contributed by atoms with Crippen molar-refractivity contribution < 1.29 is 9.84 Å². The first kappa shape index (κ1) is 13.9. The number of aliphatic hydroxyl groups is 1. The number of aryl methyl sites for hydroxylation is 1. The molecule has 1 unspecified atom stereocenters. The number of methoxy groups -OCH3 is 1. The maximum atomic E-state index is 10.2. The first-order valence-corrected chi connectivity index (χ1v) is 7.05. The van der Waals surface area contributed by atoms with E-state index in [2.05, 4.69) is 4.98 Å². The molecule has 0 bridgehead atoms. The van der Waals surface area contributed by atoms with Crippen molar-refractivity contribution in [1.82, 2.24) is 4.98 Å². The Hall–Kier alpha value is -1.52. The smallest absolute Gasteiger partial charge is 0.119 e. The number of thioether (sulfide) groups is 1. The Labute approximate surface area is 117 Å². The molecule has 0 aliphatic heterocycles. The Balaban J connectivity index is 1.96. The van der Waals surface area contributed by atoms with E-state index in [1.165, 1.54) is 0 Å². The third-order valence-electron chi connectivity index (χ3n) is 2.75. The molecule has 2 rings (SSSR count). The van der Waals surface area contributed by atoms with E-state index in [1.807, 2.05) is 49.5 Å². The van der Waals surface area contributed by atoms with Gasteiger partial charge in [0.15, 0.2) is 0 Å². The van der Waals surface area contributed by atoms with Gasteiger partial charge >= 0.3 is 0 Å². The summed E-state index contributed by atoms with van der Waals surface area (Å²) in [5.74, 6) is 1.33. The highest BCUT2D eigenvalue weighted by Crippen LogP contribution is 2.25. The van der Waals surface area contributed by atoms with Crippen molar-refractivity contribution in [3.63, 3.8) is 0 Å². The first-order valence-electron chi connectivity index (χ1n) is 6.06. The second-order valence-corrected chi connectivity index (χ2v) is 5.32. The van der Waals surface area contributed by atoms with Crippen molar-refractivity contribution in [2.75, 3.05) is 12.9 Å². The summed E-state index contributed by atoms with van der Waals surface area (Å²) in [4.78, 5) is 4.30. The summed E-state index contributed by atoms with van der Waals surface area (Å²) in [7, 11) is 1.62. The normalized spacial score (nSPS) is 12.2. The second kappa shape index (κ2) is 6.59. The molecular formula is C15H17NO2S. The minimum Gasteiger partial charge on any atom is -0.497 e. The van der Waals surface area contributed by atoms with Gasteiger partial charge in [-0.1, -0.05) is 18.2 Å². The third-order valence-corrected chi connectivity index (χ3v) is 3.77. The molecular weight excluding hydrogens is 258 g/mol. The van der Waals surface area contributed by atoms with E-state index in [9.17, 15) is 5.11 Å². The van der Waals surface area contributed by atoms with E-state index in [0.29, 0.717) is 5.75 Å². The molecule has 0 radical (unpaired) electrons. The van der Waals surface area contributed by atoms with Crippen LogP contribution in [0.5, 0.6) is 5.75 Å². The van der Waals surface area contributed by atoms with Gasteiger partial charge in [-0.15, -0.1) is 11.8 Å². The van der Waals surface area contributed by atoms with Crippen molar-refractivity contribution in [3.8, 4) is 5.75 Å². The zero-order valence-electron chi connectivity index (χ0n) is 11.0. The average Bonchev–Trinajstić information content (AvgIpc) is 2.46. The fourth-order valence-corrected chi connectivity index (χ4v) is 2.46. The minimum atomic E-state index is -0.525. The van der Waals surface area contributed by atoms with Gasteiger partial charge in [-0.25, -0.2) is 4.98 Å². The lowest BCUT2D eigenvalue weighted by molar-refractivity contribution is 0.203. The Kier molecular flexibility index (Phi) is 4.82. The van der Waals surface area contributed by atoms with E-state index in [4.69, 9.17) is 4.74 Å². The minimum absolute atomic E-state index is 0.525. The number of benzene rings is 1. The molecule has 1 N–H and O–H groups in total. The molecule has 0 saturated heterocycles. The lowest BCUT2D eigenvalue weighted by Crippen LogP contribution is -2.01. The van der Waals surface area contributed by atoms with Crippen LogP contribution in [0.25, 0.3) is 0 Å². The number of rotatable bonds is 5. The highest BCUT2D eigenvalue weighted by atomic mass is 32.2. The number of aliphatic hydroxyl groups excluding tert-OH is 1. The van der Waals surface area contributed by atoms with Crippen LogP contribution >= 0.6 is 11.8 Å². The van der Waals surface area contributed by atoms with Gasteiger partial charge in [-0.2, -0.15) is 0 Å². The SMILES string of the molecule is COc1cccc(C(O)CSc2ccc(C)cn2)c1. The van der Waals surface area contributed by atoms with Gasteiger partial charge in [-0.3, -0.25) is 0 Å². The summed E-state index contributed by atoms with van der Waals surface area (Å²) in [6.07, 6.45) is 1.31. The topological polar surface area (TPSA) is 42.4 Å². The van der Waals surface area contributed by atoms with Gasteiger partial charge in [0.05, 0.1) is 18.2 Å². The number of aromatic nitrogens is 1. The second-order valence-electron chi connectivity index (χ2n) is 4.28. The predicted octanol–water partition coefficient (Wildman–Crippen LogP) is 3.22. The molecule has 4 heteroatoms. The van der Waals surface area contributed by atoms with Crippen LogP contribution in [0.15, 0.2) is 47.6 Å². The fourth-order valence-electron chi connectivity index (χ4n) is 1.65. The molecule has 19 heavy (non-hydrogen) atoms. The number of hydrogen-bond acceptors (Lipinski definition) is 4. The molecule has 0 spiro atoms. The molecule has 2 aromatic rings. The summed E-state index contributed by atoms with van der Waals surface area (Å²) in [6.45, 7) is 2.01. The number of hydrogen-bond donors (Lipinski definition) is 1. The largest absolute Gasteiger partial charge is 0.497 e. The van der Waals surface area contributed by atoms with Crippen LogP contribution < -0.4 is 4.74 Å². The maximum Gasteiger partial charge on any atom is 0.119 e. The van der Waals surface area contributed by atoms with E-state index in [1.54, 1.807) is 18.9 Å². The highest BCUT2D eigenvalue weighted by Gasteiger charge is 2.09. The third kappa shape index (κ3) is 3.98. The van der Waals surface area contributed by atoms with Crippen molar-refractivity contribution >= 4 is 11.8 Å². The van der Waals surface area contributed by atoms with E-state index in [-0.39, 0.29) is 0 Å².